The van der Waals surface area contributed by atoms with E-state index in [-0.39, 0.29) is 10.5 Å². The van der Waals surface area contributed by atoms with Crippen LogP contribution in [0.1, 0.15) is 27.0 Å². The lowest BCUT2D eigenvalue weighted by molar-refractivity contribution is 0.102. The molecule has 0 spiro atoms. The van der Waals surface area contributed by atoms with E-state index in [1.54, 1.807) is 49.4 Å². The molecule has 0 radical (unpaired) electrons. The minimum atomic E-state index is -3.90. The van der Waals surface area contributed by atoms with Crippen molar-refractivity contribution in [2.75, 3.05) is 24.3 Å². The van der Waals surface area contributed by atoms with Gasteiger partial charge in [-0.05, 0) is 73.9 Å². The molecule has 0 saturated heterocycles. The molecule has 0 fully saturated rings. The molecule has 32 heavy (non-hydrogen) atoms. The molecule has 0 aliphatic carbocycles. The van der Waals surface area contributed by atoms with Crippen LogP contribution < -0.4 is 19.5 Å². The number of rotatable bonds is 7. The van der Waals surface area contributed by atoms with Gasteiger partial charge in [-0.3, -0.25) is 9.52 Å². The van der Waals surface area contributed by atoms with Gasteiger partial charge >= 0.3 is 0 Å². The van der Waals surface area contributed by atoms with E-state index < -0.39 is 15.9 Å². The third-order valence-electron chi connectivity index (χ3n) is 4.87. The Kier molecular flexibility index (Phi) is 6.74. The lowest BCUT2D eigenvalue weighted by Gasteiger charge is -2.14. The predicted octanol–water partition coefficient (Wildman–Crippen LogP) is 4.68. The van der Waals surface area contributed by atoms with Crippen molar-refractivity contribution in [1.82, 2.24) is 0 Å². The van der Waals surface area contributed by atoms with Crippen molar-refractivity contribution in [3.63, 3.8) is 0 Å². The maximum atomic E-state index is 13.1. The molecule has 0 unspecified atom stereocenters. The van der Waals surface area contributed by atoms with E-state index in [9.17, 15) is 13.2 Å². The second kappa shape index (κ2) is 9.32. The Balaban J connectivity index is 1.90. The fourth-order valence-corrected chi connectivity index (χ4v) is 4.68. The number of ether oxygens (including phenoxy) is 2. The third kappa shape index (κ3) is 5.20. The minimum Gasteiger partial charge on any atom is -0.497 e. The summed E-state index contributed by atoms with van der Waals surface area (Å²) in [4.78, 5) is 12.9. The molecule has 3 rings (SSSR count). The molecule has 0 bridgehead atoms. The van der Waals surface area contributed by atoms with Crippen LogP contribution in [0.2, 0.25) is 0 Å². The molecule has 3 aromatic carbocycles. The SMILES string of the molecule is COc1ccc(NC(=O)c2ccc(C)c(S(=O)(=O)Nc3cc(C)cc(C)c3)c2)c(OC)c1. The Bertz CT molecular complexity index is 1250. The van der Waals surface area contributed by atoms with Gasteiger partial charge < -0.3 is 14.8 Å². The highest BCUT2D eigenvalue weighted by molar-refractivity contribution is 7.92. The first-order chi connectivity index (χ1) is 15.1. The van der Waals surface area contributed by atoms with Crippen molar-refractivity contribution >= 4 is 27.3 Å². The normalized spacial score (nSPS) is 11.0. The fraction of sp³-hybridized carbons (Fsp3) is 0.208. The van der Waals surface area contributed by atoms with E-state index in [1.165, 1.54) is 20.3 Å². The second-order valence-corrected chi connectivity index (χ2v) is 9.13. The summed E-state index contributed by atoms with van der Waals surface area (Å²) in [5.74, 6) is 0.548. The largest absolute Gasteiger partial charge is 0.497 e. The van der Waals surface area contributed by atoms with Crippen LogP contribution in [0, 0.1) is 20.8 Å². The van der Waals surface area contributed by atoms with Crippen molar-refractivity contribution < 1.29 is 22.7 Å². The maximum absolute atomic E-state index is 13.1. The molecule has 8 heteroatoms. The van der Waals surface area contributed by atoms with Gasteiger partial charge in [-0.2, -0.15) is 0 Å². The summed E-state index contributed by atoms with van der Waals surface area (Å²) >= 11 is 0. The maximum Gasteiger partial charge on any atom is 0.262 e. The van der Waals surface area contributed by atoms with E-state index in [1.807, 2.05) is 19.9 Å². The summed E-state index contributed by atoms with van der Waals surface area (Å²) in [5.41, 5.74) is 3.54. The average Bonchev–Trinajstić information content (AvgIpc) is 2.73. The Morgan fingerprint density at radius 1 is 0.844 bits per heavy atom. The molecule has 0 aromatic heterocycles. The van der Waals surface area contributed by atoms with Crippen molar-refractivity contribution in [2.45, 2.75) is 25.7 Å². The Hall–Kier alpha value is -3.52. The summed E-state index contributed by atoms with van der Waals surface area (Å²) in [5, 5.41) is 2.76. The summed E-state index contributed by atoms with van der Waals surface area (Å²) in [6.07, 6.45) is 0. The number of amides is 1. The first-order valence-corrected chi connectivity index (χ1v) is 11.4. The van der Waals surface area contributed by atoms with E-state index in [0.717, 1.165) is 11.1 Å². The van der Waals surface area contributed by atoms with Gasteiger partial charge in [-0.15, -0.1) is 0 Å². The molecule has 168 valence electrons. The number of carbonyl (C=O) groups excluding carboxylic acids is 1. The van der Waals surface area contributed by atoms with E-state index in [0.29, 0.717) is 28.4 Å². The number of anilines is 2. The zero-order chi connectivity index (χ0) is 23.5. The topological polar surface area (TPSA) is 93.7 Å². The van der Waals surface area contributed by atoms with Crippen molar-refractivity contribution in [1.29, 1.82) is 0 Å². The van der Waals surface area contributed by atoms with Crippen LogP contribution in [0.4, 0.5) is 11.4 Å². The third-order valence-corrected chi connectivity index (χ3v) is 6.39. The van der Waals surface area contributed by atoms with Gasteiger partial charge in [-0.1, -0.05) is 12.1 Å². The Morgan fingerprint density at radius 2 is 1.53 bits per heavy atom. The summed E-state index contributed by atoms with van der Waals surface area (Å²) in [6.45, 7) is 5.48. The molecule has 7 nitrogen and oxygen atoms in total. The Labute approximate surface area is 188 Å². The monoisotopic (exact) mass is 454 g/mol. The van der Waals surface area contributed by atoms with Crippen molar-refractivity contribution in [3.8, 4) is 11.5 Å². The van der Waals surface area contributed by atoms with E-state index in [2.05, 4.69) is 10.0 Å². The summed E-state index contributed by atoms with van der Waals surface area (Å²) < 4.78 is 39.2. The van der Waals surface area contributed by atoms with Crippen LogP contribution in [0.15, 0.2) is 59.5 Å². The fourth-order valence-electron chi connectivity index (χ4n) is 3.37. The molecular formula is C24H26N2O5S. The van der Waals surface area contributed by atoms with Crippen LogP contribution in [0.3, 0.4) is 0 Å². The molecule has 0 heterocycles. The Morgan fingerprint density at radius 3 is 2.16 bits per heavy atom. The van der Waals surface area contributed by atoms with Gasteiger partial charge in [0.25, 0.3) is 15.9 Å². The molecule has 3 aromatic rings. The smallest absolute Gasteiger partial charge is 0.262 e. The van der Waals surface area contributed by atoms with Gasteiger partial charge in [0.2, 0.25) is 0 Å². The highest BCUT2D eigenvalue weighted by atomic mass is 32.2. The van der Waals surface area contributed by atoms with Gasteiger partial charge in [0.05, 0.1) is 24.8 Å². The highest BCUT2D eigenvalue weighted by Gasteiger charge is 2.20. The lowest BCUT2D eigenvalue weighted by Crippen LogP contribution is -2.17. The van der Waals surface area contributed by atoms with Crippen LogP contribution >= 0.6 is 0 Å². The van der Waals surface area contributed by atoms with Crippen LogP contribution in [-0.4, -0.2) is 28.5 Å². The van der Waals surface area contributed by atoms with Gasteiger partial charge in [0.15, 0.2) is 0 Å². The van der Waals surface area contributed by atoms with Gasteiger partial charge in [0.1, 0.15) is 11.5 Å². The minimum absolute atomic E-state index is 0.0333. The first kappa shape index (κ1) is 23.1. The number of sulfonamides is 1. The quantitative estimate of drug-likeness (QED) is 0.541. The highest BCUT2D eigenvalue weighted by Crippen LogP contribution is 2.30. The van der Waals surface area contributed by atoms with Gasteiger partial charge in [0, 0.05) is 17.3 Å². The van der Waals surface area contributed by atoms with Crippen molar-refractivity contribution in [3.05, 3.63) is 76.9 Å². The number of benzene rings is 3. The first-order valence-electron chi connectivity index (χ1n) is 9.88. The van der Waals surface area contributed by atoms with Crippen molar-refractivity contribution in [2.24, 2.45) is 0 Å². The number of hydrogen-bond donors (Lipinski definition) is 2. The molecule has 0 aliphatic heterocycles. The zero-order valence-electron chi connectivity index (χ0n) is 18.6. The zero-order valence-corrected chi connectivity index (χ0v) is 19.5. The summed E-state index contributed by atoms with van der Waals surface area (Å²) in [6, 6.07) is 15.0. The molecule has 2 N–H and O–H groups in total. The van der Waals surface area contributed by atoms with Crippen LogP contribution in [0.25, 0.3) is 0 Å². The van der Waals surface area contributed by atoms with E-state index >= 15 is 0 Å². The van der Waals surface area contributed by atoms with Crippen LogP contribution in [-0.2, 0) is 10.0 Å². The van der Waals surface area contributed by atoms with Gasteiger partial charge in [-0.25, -0.2) is 8.42 Å². The molecular weight excluding hydrogens is 428 g/mol. The number of nitrogens with one attached hydrogen (secondary N) is 2. The molecule has 0 saturated carbocycles. The number of aryl methyl sites for hydroxylation is 3. The predicted molar refractivity (Wildman–Crippen MR) is 125 cm³/mol. The number of hydrogen-bond acceptors (Lipinski definition) is 5. The molecule has 1 amide bonds. The number of methoxy groups -OCH3 is 2. The lowest BCUT2D eigenvalue weighted by atomic mass is 10.1. The molecule has 0 atom stereocenters. The standard InChI is InChI=1S/C24H26N2O5S/c1-15-10-16(2)12-19(11-15)26-32(28,29)23-13-18(7-6-17(23)3)24(27)25-21-9-8-20(30-4)14-22(21)31-5/h6-14,26H,1-5H3,(H,25,27). The van der Waals surface area contributed by atoms with E-state index in [4.69, 9.17) is 9.47 Å². The molecule has 0 aliphatic rings. The average molecular weight is 455 g/mol. The number of carbonyl (C=O) groups is 1. The van der Waals surface area contributed by atoms with Crippen LogP contribution in [0.5, 0.6) is 11.5 Å². The summed E-state index contributed by atoms with van der Waals surface area (Å²) in [7, 11) is -0.879. The second-order valence-electron chi connectivity index (χ2n) is 7.48.